The van der Waals surface area contributed by atoms with E-state index in [-0.39, 0.29) is 5.56 Å². The van der Waals surface area contributed by atoms with Gasteiger partial charge in [-0.25, -0.2) is 4.98 Å². The van der Waals surface area contributed by atoms with E-state index in [1.807, 2.05) is 72.8 Å². The van der Waals surface area contributed by atoms with Crippen LogP contribution in [0, 0.1) is 0 Å². The van der Waals surface area contributed by atoms with E-state index in [1.165, 1.54) is 0 Å². The van der Waals surface area contributed by atoms with Gasteiger partial charge in [-0.15, -0.1) is 0 Å². The van der Waals surface area contributed by atoms with Crippen LogP contribution >= 0.6 is 23.4 Å². The summed E-state index contributed by atoms with van der Waals surface area (Å²) in [6.07, 6.45) is 0. The quantitative estimate of drug-likeness (QED) is 0.308. The lowest BCUT2D eigenvalue weighted by molar-refractivity contribution is 0.414. The second-order valence-electron chi connectivity index (χ2n) is 6.57. The molecule has 0 N–H and O–H groups in total. The lowest BCUT2D eigenvalue weighted by Gasteiger charge is -2.13. The summed E-state index contributed by atoms with van der Waals surface area (Å²) in [6, 6.07) is 22.9. The average Bonchev–Trinajstić information content (AvgIpc) is 2.76. The summed E-state index contributed by atoms with van der Waals surface area (Å²) in [4.78, 5) is 18.0. The predicted molar refractivity (Wildman–Crippen MR) is 119 cm³/mol. The molecule has 1 heterocycles. The maximum atomic E-state index is 13.2. The molecule has 0 unspecified atom stereocenters. The molecule has 0 fully saturated rings. The summed E-state index contributed by atoms with van der Waals surface area (Å²) >= 11 is 7.55. The number of rotatable bonds is 6. The number of benzene rings is 3. The van der Waals surface area contributed by atoms with Crippen molar-refractivity contribution in [2.24, 2.45) is 0 Å². The van der Waals surface area contributed by atoms with Gasteiger partial charge in [-0.3, -0.25) is 9.36 Å². The monoisotopic (exact) mass is 422 g/mol. The SMILES string of the molecule is COc1ccc(CSc2nc3ccccc3c(=O)n2Cc2ccc(Cl)cc2)cc1. The van der Waals surface area contributed by atoms with Gasteiger partial charge in [0, 0.05) is 10.8 Å². The highest BCUT2D eigenvalue weighted by molar-refractivity contribution is 7.98. The summed E-state index contributed by atoms with van der Waals surface area (Å²) in [5, 5.41) is 1.99. The van der Waals surface area contributed by atoms with Gasteiger partial charge < -0.3 is 4.74 Å². The van der Waals surface area contributed by atoms with E-state index in [0.717, 1.165) is 16.9 Å². The van der Waals surface area contributed by atoms with E-state index in [0.29, 0.717) is 33.4 Å². The molecule has 6 heteroatoms. The van der Waals surface area contributed by atoms with Crippen molar-refractivity contribution in [3.63, 3.8) is 0 Å². The maximum absolute atomic E-state index is 13.2. The van der Waals surface area contributed by atoms with Crippen LogP contribution < -0.4 is 10.3 Å². The zero-order valence-electron chi connectivity index (χ0n) is 15.8. The van der Waals surface area contributed by atoms with Crippen LogP contribution in [0.25, 0.3) is 10.9 Å². The largest absolute Gasteiger partial charge is 0.497 e. The van der Waals surface area contributed by atoms with Crippen LogP contribution in [0.3, 0.4) is 0 Å². The molecular formula is C23H19ClN2O2S. The van der Waals surface area contributed by atoms with Gasteiger partial charge in [0.05, 0.1) is 24.6 Å². The minimum atomic E-state index is -0.0391. The Morgan fingerprint density at radius 3 is 2.38 bits per heavy atom. The fourth-order valence-electron chi connectivity index (χ4n) is 3.04. The Hall–Kier alpha value is -2.76. The first-order valence-corrected chi connectivity index (χ1v) is 10.5. The van der Waals surface area contributed by atoms with Crippen molar-refractivity contribution in [3.8, 4) is 5.75 Å². The van der Waals surface area contributed by atoms with Crippen LogP contribution in [0.4, 0.5) is 0 Å². The molecule has 0 atom stereocenters. The smallest absolute Gasteiger partial charge is 0.262 e. The first kappa shape index (κ1) is 19.6. The fraction of sp³-hybridized carbons (Fsp3) is 0.130. The molecule has 3 aromatic carbocycles. The van der Waals surface area contributed by atoms with Gasteiger partial charge in [0.15, 0.2) is 5.16 Å². The van der Waals surface area contributed by atoms with Crippen molar-refractivity contribution in [1.29, 1.82) is 0 Å². The summed E-state index contributed by atoms with van der Waals surface area (Å²) in [6.45, 7) is 0.443. The molecule has 1 aromatic heterocycles. The van der Waals surface area contributed by atoms with Gasteiger partial charge in [-0.1, -0.05) is 59.8 Å². The highest BCUT2D eigenvalue weighted by Crippen LogP contribution is 2.24. The second-order valence-corrected chi connectivity index (χ2v) is 7.94. The Bertz CT molecular complexity index is 1190. The molecule has 0 aliphatic heterocycles. The molecule has 4 nitrogen and oxygen atoms in total. The predicted octanol–water partition coefficient (Wildman–Crippen LogP) is 5.40. The number of hydrogen-bond donors (Lipinski definition) is 0. The Labute approximate surface area is 178 Å². The summed E-state index contributed by atoms with van der Waals surface area (Å²) in [7, 11) is 1.65. The van der Waals surface area contributed by atoms with E-state index >= 15 is 0 Å². The molecule has 0 saturated heterocycles. The normalized spacial score (nSPS) is 11.0. The van der Waals surface area contributed by atoms with E-state index < -0.39 is 0 Å². The molecule has 4 aromatic rings. The molecule has 0 saturated carbocycles. The number of hydrogen-bond acceptors (Lipinski definition) is 4. The maximum Gasteiger partial charge on any atom is 0.262 e. The molecule has 0 radical (unpaired) electrons. The van der Waals surface area contributed by atoms with Crippen LogP contribution in [-0.4, -0.2) is 16.7 Å². The highest BCUT2D eigenvalue weighted by Gasteiger charge is 2.12. The van der Waals surface area contributed by atoms with Gasteiger partial charge in [-0.2, -0.15) is 0 Å². The van der Waals surface area contributed by atoms with Gasteiger partial charge in [-0.05, 0) is 47.5 Å². The van der Waals surface area contributed by atoms with Crippen molar-refractivity contribution in [3.05, 3.63) is 99.3 Å². The number of para-hydroxylation sites is 1. The molecule has 0 bridgehead atoms. The number of nitrogens with zero attached hydrogens (tertiary/aromatic N) is 2. The Balaban J connectivity index is 1.69. The number of ether oxygens (including phenoxy) is 1. The fourth-order valence-corrected chi connectivity index (χ4v) is 4.12. The molecule has 0 aliphatic rings. The van der Waals surface area contributed by atoms with Crippen molar-refractivity contribution >= 4 is 34.3 Å². The number of methoxy groups -OCH3 is 1. The van der Waals surface area contributed by atoms with Gasteiger partial charge in [0.2, 0.25) is 0 Å². The summed E-state index contributed by atoms with van der Waals surface area (Å²) < 4.78 is 6.95. The summed E-state index contributed by atoms with van der Waals surface area (Å²) in [5.41, 5.74) is 2.81. The minimum Gasteiger partial charge on any atom is -0.497 e. The average molecular weight is 423 g/mol. The topological polar surface area (TPSA) is 44.1 Å². The van der Waals surface area contributed by atoms with Crippen LogP contribution in [0.1, 0.15) is 11.1 Å². The van der Waals surface area contributed by atoms with Crippen LogP contribution in [0.2, 0.25) is 5.02 Å². The van der Waals surface area contributed by atoms with Gasteiger partial charge >= 0.3 is 0 Å². The Morgan fingerprint density at radius 1 is 0.966 bits per heavy atom. The summed E-state index contributed by atoms with van der Waals surface area (Å²) in [5.74, 6) is 1.53. The first-order chi connectivity index (χ1) is 14.1. The van der Waals surface area contributed by atoms with Crippen molar-refractivity contribution in [1.82, 2.24) is 9.55 Å². The molecular weight excluding hydrogens is 404 g/mol. The van der Waals surface area contributed by atoms with Crippen LogP contribution in [0.15, 0.2) is 82.7 Å². The van der Waals surface area contributed by atoms with Crippen LogP contribution in [-0.2, 0) is 12.3 Å². The molecule has 4 rings (SSSR count). The Morgan fingerprint density at radius 2 is 1.66 bits per heavy atom. The molecule has 29 heavy (non-hydrogen) atoms. The van der Waals surface area contributed by atoms with Gasteiger partial charge in [0.25, 0.3) is 5.56 Å². The highest BCUT2D eigenvalue weighted by atomic mass is 35.5. The third kappa shape index (κ3) is 4.47. The first-order valence-electron chi connectivity index (χ1n) is 9.14. The van der Waals surface area contributed by atoms with E-state index in [1.54, 1.807) is 23.4 Å². The van der Waals surface area contributed by atoms with Crippen molar-refractivity contribution in [2.75, 3.05) is 7.11 Å². The number of aromatic nitrogens is 2. The number of fused-ring (bicyclic) bond motifs is 1. The number of thioether (sulfide) groups is 1. The lowest BCUT2D eigenvalue weighted by atomic mass is 10.2. The second kappa shape index (κ2) is 8.72. The zero-order chi connectivity index (χ0) is 20.2. The molecule has 0 aliphatic carbocycles. The molecule has 0 amide bonds. The van der Waals surface area contributed by atoms with Crippen molar-refractivity contribution in [2.45, 2.75) is 17.5 Å². The minimum absolute atomic E-state index is 0.0391. The van der Waals surface area contributed by atoms with E-state index in [4.69, 9.17) is 21.3 Å². The zero-order valence-corrected chi connectivity index (χ0v) is 17.4. The number of halogens is 1. The molecule has 146 valence electrons. The third-order valence-corrected chi connectivity index (χ3v) is 5.91. The van der Waals surface area contributed by atoms with Crippen LogP contribution in [0.5, 0.6) is 5.75 Å². The Kier molecular flexibility index (Phi) is 5.88. The standard InChI is InChI=1S/C23H19ClN2O2S/c1-28-19-12-8-17(9-13-19)15-29-23-25-21-5-3-2-4-20(21)22(27)26(23)14-16-6-10-18(24)11-7-16/h2-13H,14-15H2,1H3. The van der Waals surface area contributed by atoms with E-state index in [2.05, 4.69) is 0 Å². The lowest BCUT2D eigenvalue weighted by Crippen LogP contribution is -2.24. The third-order valence-electron chi connectivity index (χ3n) is 4.61. The van der Waals surface area contributed by atoms with Crippen molar-refractivity contribution < 1.29 is 4.74 Å². The van der Waals surface area contributed by atoms with Gasteiger partial charge in [0.1, 0.15) is 5.75 Å². The molecule has 0 spiro atoms. The van der Waals surface area contributed by atoms with E-state index in [9.17, 15) is 4.79 Å².